The van der Waals surface area contributed by atoms with E-state index in [2.05, 4.69) is 4.98 Å². The first-order valence-electron chi connectivity index (χ1n) is 8.45. The van der Waals surface area contributed by atoms with Gasteiger partial charge in [-0.25, -0.2) is 4.98 Å². The maximum Gasteiger partial charge on any atom is 0.257 e. The molecule has 0 radical (unpaired) electrons. The van der Waals surface area contributed by atoms with Crippen LogP contribution in [0.1, 0.15) is 22.4 Å². The van der Waals surface area contributed by atoms with E-state index in [1.54, 1.807) is 30.5 Å². The van der Waals surface area contributed by atoms with Gasteiger partial charge < -0.3 is 4.74 Å². The van der Waals surface area contributed by atoms with Gasteiger partial charge in [0.25, 0.3) is 5.56 Å². The third-order valence-electron chi connectivity index (χ3n) is 4.32. The summed E-state index contributed by atoms with van der Waals surface area (Å²) in [6, 6.07) is 17.9. The third-order valence-corrected chi connectivity index (χ3v) is 5.40. The van der Waals surface area contributed by atoms with E-state index in [0.717, 1.165) is 33.3 Å². The summed E-state index contributed by atoms with van der Waals surface area (Å²) in [4.78, 5) is 17.5. The van der Waals surface area contributed by atoms with Gasteiger partial charge in [-0.3, -0.25) is 9.36 Å². The van der Waals surface area contributed by atoms with E-state index in [4.69, 9.17) is 4.74 Å². The van der Waals surface area contributed by atoms with Crippen LogP contribution in [-0.2, 0) is 19.2 Å². The van der Waals surface area contributed by atoms with Crippen molar-refractivity contribution in [2.75, 3.05) is 7.11 Å². The van der Waals surface area contributed by atoms with Crippen LogP contribution in [0.5, 0.6) is 5.75 Å². The Morgan fingerprint density at radius 1 is 1.08 bits per heavy atom. The zero-order valence-electron chi connectivity index (χ0n) is 15.2. The molecule has 0 amide bonds. The second-order valence-electron chi connectivity index (χ2n) is 6.09. The highest BCUT2D eigenvalue weighted by Crippen LogP contribution is 2.26. The first-order chi connectivity index (χ1) is 12.6. The van der Waals surface area contributed by atoms with Crippen molar-refractivity contribution in [3.8, 4) is 5.75 Å². The van der Waals surface area contributed by atoms with E-state index in [1.807, 2.05) is 61.5 Å². The molecule has 1 heterocycles. The van der Waals surface area contributed by atoms with Crippen LogP contribution in [0.3, 0.4) is 0 Å². The number of hydrogen-bond acceptors (Lipinski definition) is 4. The van der Waals surface area contributed by atoms with Crippen molar-refractivity contribution in [3.63, 3.8) is 0 Å². The number of thioether (sulfide) groups is 1. The number of hydrogen-bond donors (Lipinski definition) is 0. The molecule has 3 aromatic rings. The molecule has 0 N–H and O–H groups in total. The topological polar surface area (TPSA) is 44.1 Å². The third kappa shape index (κ3) is 3.99. The highest BCUT2D eigenvalue weighted by atomic mass is 32.2. The zero-order valence-corrected chi connectivity index (χ0v) is 16.0. The van der Waals surface area contributed by atoms with Crippen molar-refractivity contribution >= 4 is 11.8 Å². The van der Waals surface area contributed by atoms with E-state index < -0.39 is 0 Å². The number of rotatable bonds is 6. The van der Waals surface area contributed by atoms with Gasteiger partial charge in [0.2, 0.25) is 0 Å². The first-order valence-corrected chi connectivity index (χ1v) is 9.44. The smallest absolute Gasteiger partial charge is 0.257 e. The number of aromatic nitrogens is 2. The van der Waals surface area contributed by atoms with Crippen LogP contribution in [0, 0.1) is 6.92 Å². The molecule has 0 spiro atoms. The van der Waals surface area contributed by atoms with Crippen LogP contribution in [0.15, 0.2) is 64.5 Å². The summed E-state index contributed by atoms with van der Waals surface area (Å²) in [5, 5.41) is 0.718. The Morgan fingerprint density at radius 2 is 1.77 bits per heavy atom. The molecule has 0 aliphatic heterocycles. The van der Waals surface area contributed by atoms with Gasteiger partial charge in [0.1, 0.15) is 5.75 Å². The number of methoxy groups -OCH3 is 1. The summed E-state index contributed by atoms with van der Waals surface area (Å²) in [5.74, 6) is 1.55. The standard InChI is InChI=1S/C21H22N2O2S/c1-15-18(13-16-9-5-4-6-10-16)20(24)23(2)21(22-15)26-14-17-11-7-8-12-19(17)25-3/h4-12H,13-14H2,1-3H3. The molecule has 0 aliphatic rings. The van der Waals surface area contributed by atoms with E-state index in [0.29, 0.717) is 12.2 Å². The van der Waals surface area contributed by atoms with Gasteiger partial charge in [0.15, 0.2) is 5.16 Å². The number of para-hydroxylation sites is 1. The highest BCUT2D eigenvalue weighted by Gasteiger charge is 2.13. The SMILES string of the molecule is COc1ccccc1CSc1nc(C)c(Cc2ccccc2)c(=O)n1C. The average molecular weight is 366 g/mol. The Kier molecular flexibility index (Phi) is 5.78. The van der Waals surface area contributed by atoms with Crippen molar-refractivity contribution in [2.24, 2.45) is 7.05 Å². The molecule has 1 aromatic heterocycles. The molecule has 134 valence electrons. The van der Waals surface area contributed by atoms with Crippen molar-refractivity contribution < 1.29 is 4.74 Å². The Balaban J connectivity index is 1.84. The summed E-state index contributed by atoms with van der Waals surface area (Å²) >= 11 is 1.54. The summed E-state index contributed by atoms with van der Waals surface area (Å²) in [6.07, 6.45) is 0.601. The van der Waals surface area contributed by atoms with Gasteiger partial charge in [-0.15, -0.1) is 0 Å². The van der Waals surface area contributed by atoms with Gasteiger partial charge in [0.05, 0.1) is 7.11 Å². The molecule has 4 nitrogen and oxygen atoms in total. The van der Waals surface area contributed by atoms with Crippen LogP contribution < -0.4 is 10.3 Å². The largest absolute Gasteiger partial charge is 0.496 e. The molecule has 0 unspecified atom stereocenters. The Morgan fingerprint density at radius 3 is 2.50 bits per heavy atom. The summed E-state index contributed by atoms with van der Waals surface area (Å²) in [7, 11) is 3.45. The minimum Gasteiger partial charge on any atom is -0.496 e. The predicted octanol–water partition coefficient (Wildman–Crippen LogP) is 3.98. The van der Waals surface area contributed by atoms with Crippen molar-refractivity contribution in [1.82, 2.24) is 9.55 Å². The Hall–Kier alpha value is -2.53. The minimum atomic E-state index is 0.0175. The lowest BCUT2D eigenvalue weighted by atomic mass is 10.1. The molecular weight excluding hydrogens is 344 g/mol. The van der Waals surface area contributed by atoms with E-state index >= 15 is 0 Å². The quantitative estimate of drug-likeness (QED) is 0.489. The summed E-state index contributed by atoms with van der Waals surface area (Å²) < 4.78 is 7.04. The van der Waals surface area contributed by atoms with Gasteiger partial charge in [0, 0.05) is 36.0 Å². The second kappa shape index (κ2) is 8.23. The number of aryl methyl sites for hydroxylation is 1. The second-order valence-corrected chi connectivity index (χ2v) is 7.03. The van der Waals surface area contributed by atoms with Gasteiger partial charge in [-0.05, 0) is 18.6 Å². The Bertz CT molecular complexity index is 952. The summed E-state index contributed by atoms with van der Waals surface area (Å²) in [6.45, 7) is 1.91. The first kappa shape index (κ1) is 18.3. The van der Waals surface area contributed by atoms with Crippen molar-refractivity contribution in [1.29, 1.82) is 0 Å². The van der Waals surface area contributed by atoms with Crippen LogP contribution in [0.4, 0.5) is 0 Å². The predicted molar refractivity (Wildman–Crippen MR) is 106 cm³/mol. The maximum absolute atomic E-state index is 12.8. The molecule has 5 heteroatoms. The monoisotopic (exact) mass is 366 g/mol. The number of nitrogens with zero attached hydrogens (tertiary/aromatic N) is 2. The van der Waals surface area contributed by atoms with E-state index in [9.17, 15) is 4.79 Å². The van der Waals surface area contributed by atoms with Crippen molar-refractivity contribution in [3.05, 3.63) is 87.3 Å². The van der Waals surface area contributed by atoms with Gasteiger partial charge in [-0.1, -0.05) is 60.3 Å². The average Bonchev–Trinajstić information content (AvgIpc) is 2.68. The molecule has 0 aliphatic carbocycles. The molecule has 0 fully saturated rings. The fourth-order valence-electron chi connectivity index (χ4n) is 2.83. The van der Waals surface area contributed by atoms with E-state index in [-0.39, 0.29) is 5.56 Å². The number of ether oxygens (including phenoxy) is 1. The number of benzene rings is 2. The highest BCUT2D eigenvalue weighted by molar-refractivity contribution is 7.98. The fourth-order valence-corrected chi connectivity index (χ4v) is 3.83. The lowest BCUT2D eigenvalue weighted by Gasteiger charge is -2.13. The van der Waals surface area contributed by atoms with Crippen LogP contribution in [0.2, 0.25) is 0 Å². The zero-order chi connectivity index (χ0) is 18.5. The fraction of sp³-hybridized carbons (Fsp3) is 0.238. The van der Waals surface area contributed by atoms with E-state index in [1.165, 1.54) is 0 Å². The molecule has 0 atom stereocenters. The van der Waals surface area contributed by atoms with Crippen LogP contribution in [0.25, 0.3) is 0 Å². The van der Waals surface area contributed by atoms with Gasteiger partial charge in [-0.2, -0.15) is 0 Å². The molecule has 0 saturated heterocycles. The van der Waals surface area contributed by atoms with Crippen molar-refractivity contribution in [2.45, 2.75) is 24.3 Å². The minimum absolute atomic E-state index is 0.0175. The molecule has 0 saturated carbocycles. The van der Waals surface area contributed by atoms with Gasteiger partial charge >= 0.3 is 0 Å². The van der Waals surface area contributed by atoms with Crippen LogP contribution in [-0.4, -0.2) is 16.7 Å². The lowest BCUT2D eigenvalue weighted by Crippen LogP contribution is -2.25. The summed E-state index contributed by atoms with van der Waals surface area (Å²) in [5.41, 5.74) is 3.76. The molecule has 0 bridgehead atoms. The Labute approximate surface area is 157 Å². The lowest BCUT2D eigenvalue weighted by molar-refractivity contribution is 0.411. The molecular formula is C21H22N2O2S. The molecule has 26 heavy (non-hydrogen) atoms. The van der Waals surface area contributed by atoms with Crippen LogP contribution >= 0.6 is 11.8 Å². The molecule has 2 aromatic carbocycles. The molecule has 3 rings (SSSR count). The normalized spacial score (nSPS) is 10.7. The maximum atomic E-state index is 12.8.